The van der Waals surface area contributed by atoms with Crippen LogP contribution in [0.15, 0.2) is 78.9 Å². The standard InChI is InChI=1S/C24H25N/c1-19-14-15-24(25(2)3)23(16-19)18-22(21-12-8-5-9-13-21)17-20-10-6-4-7-11-20/h4-17H,18H2,1-3H3/b22-17-. The molecule has 0 heterocycles. The molecule has 0 amide bonds. The van der Waals surface area contributed by atoms with Crippen LogP contribution in [0.3, 0.4) is 0 Å². The van der Waals surface area contributed by atoms with Crippen LogP contribution in [-0.4, -0.2) is 14.1 Å². The summed E-state index contributed by atoms with van der Waals surface area (Å²) < 4.78 is 0. The molecule has 25 heavy (non-hydrogen) atoms. The van der Waals surface area contributed by atoms with Crippen LogP contribution >= 0.6 is 0 Å². The van der Waals surface area contributed by atoms with Crippen molar-refractivity contribution in [3.8, 4) is 0 Å². The van der Waals surface area contributed by atoms with Crippen LogP contribution in [0.1, 0.15) is 22.3 Å². The zero-order valence-electron chi connectivity index (χ0n) is 15.2. The third kappa shape index (κ3) is 4.39. The summed E-state index contributed by atoms with van der Waals surface area (Å²) in [5, 5.41) is 0. The molecule has 1 heteroatoms. The summed E-state index contributed by atoms with van der Waals surface area (Å²) in [7, 11) is 4.22. The van der Waals surface area contributed by atoms with Gasteiger partial charge in [0.2, 0.25) is 0 Å². The molecule has 3 rings (SSSR count). The van der Waals surface area contributed by atoms with Crippen molar-refractivity contribution in [3.63, 3.8) is 0 Å². The second-order valence-electron chi connectivity index (χ2n) is 6.65. The fourth-order valence-electron chi connectivity index (χ4n) is 3.14. The maximum atomic E-state index is 2.30. The molecule has 0 saturated carbocycles. The third-order valence-corrected chi connectivity index (χ3v) is 4.38. The van der Waals surface area contributed by atoms with Crippen molar-refractivity contribution >= 4 is 17.3 Å². The molecular formula is C24H25N. The predicted octanol–water partition coefficient (Wildman–Crippen LogP) is 5.84. The number of aryl methyl sites for hydroxylation is 1. The highest BCUT2D eigenvalue weighted by Crippen LogP contribution is 2.28. The van der Waals surface area contributed by atoms with Crippen LogP contribution in [0.25, 0.3) is 11.6 Å². The van der Waals surface area contributed by atoms with Crippen molar-refractivity contribution in [1.29, 1.82) is 0 Å². The molecule has 126 valence electrons. The molecule has 0 aliphatic carbocycles. The van der Waals surface area contributed by atoms with Gasteiger partial charge in [0.25, 0.3) is 0 Å². The van der Waals surface area contributed by atoms with E-state index in [1.54, 1.807) is 0 Å². The molecule has 0 aromatic heterocycles. The summed E-state index contributed by atoms with van der Waals surface area (Å²) in [5.41, 5.74) is 7.78. The average molecular weight is 327 g/mol. The Labute approximate surface area is 151 Å². The number of hydrogen-bond acceptors (Lipinski definition) is 1. The highest BCUT2D eigenvalue weighted by atomic mass is 15.1. The summed E-state index contributed by atoms with van der Waals surface area (Å²) in [5.74, 6) is 0. The molecule has 0 radical (unpaired) electrons. The van der Waals surface area contributed by atoms with Crippen LogP contribution in [0.5, 0.6) is 0 Å². The van der Waals surface area contributed by atoms with Crippen LogP contribution < -0.4 is 4.90 Å². The minimum Gasteiger partial charge on any atom is -0.377 e. The van der Waals surface area contributed by atoms with E-state index < -0.39 is 0 Å². The van der Waals surface area contributed by atoms with Crippen LogP contribution in [0.2, 0.25) is 0 Å². The maximum Gasteiger partial charge on any atom is 0.0397 e. The van der Waals surface area contributed by atoms with Crippen molar-refractivity contribution in [2.45, 2.75) is 13.3 Å². The Morgan fingerprint density at radius 3 is 2.12 bits per heavy atom. The number of benzene rings is 3. The minimum atomic E-state index is 0.911. The van der Waals surface area contributed by atoms with Gasteiger partial charge in [0.15, 0.2) is 0 Å². The van der Waals surface area contributed by atoms with E-state index in [0.29, 0.717) is 0 Å². The van der Waals surface area contributed by atoms with E-state index in [1.807, 2.05) is 0 Å². The van der Waals surface area contributed by atoms with Gasteiger partial charge >= 0.3 is 0 Å². The van der Waals surface area contributed by atoms with Crippen LogP contribution in [0.4, 0.5) is 5.69 Å². The SMILES string of the molecule is Cc1ccc(N(C)C)c(C/C(=C/c2ccccc2)c2ccccc2)c1. The Balaban J connectivity index is 2.05. The van der Waals surface area contributed by atoms with Gasteiger partial charge in [-0.05, 0) is 35.3 Å². The van der Waals surface area contributed by atoms with Crippen molar-refractivity contribution in [1.82, 2.24) is 0 Å². The summed E-state index contributed by atoms with van der Waals surface area (Å²) in [6.07, 6.45) is 3.21. The molecule has 1 nitrogen and oxygen atoms in total. The lowest BCUT2D eigenvalue weighted by molar-refractivity contribution is 1.09. The van der Waals surface area contributed by atoms with Crippen molar-refractivity contribution in [3.05, 3.63) is 101 Å². The molecule has 0 aliphatic rings. The zero-order chi connectivity index (χ0) is 17.6. The van der Waals surface area contributed by atoms with E-state index in [0.717, 1.165) is 6.42 Å². The molecule has 3 aromatic rings. The lowest BCUT2D eigenvalue weighted by Gasteiger charge is -2.19. The molecule has 3 aromatic carbocycles. The van der Waals surface area contributed by atoms with Gasteiger partial charge in [-0.3, -0.25) is 0 Å². The predicted molar refractivity (Wildman–Crippen MR) is 110 cm³/mol. The molecule has 0 unspecified atom stereocenters. The van der Waals surface area contributed by atoms with E-state index in [4.69, 9.17) is 0 Å². The van der Waals surface area contributed by atoms with E-state index >= 15 is 0 Å². The van der Waals surface area contributed by atoms with Crippen LogP contribution in [-0.2, 0) is 6.42 Å². The van der Waals surface area contributed by atoms with Crippen molar-refractivity contribution in [2.75, 3.05) is 19.0 Å². The number of allylic oxidation sites excluding steroid dienone is 1. The number of anilines is 1. The Bertz CT molecular complexity index is 846. The monoisotopic (exact) mass is 327 g/mol. The Morgan fingerprint density at radius 1 is 0.840 bits per heavy atom. The summed E-state index contributed by atoms with van der Waals surface area (Å²) >= 11 is 0. The molecule has 0 atom stereocenters. The highest BCUT2D eigenvalue weighted by molar-refractivity contribution is 5.83. The lowest BCUT2D eigenvalue weighted by Crippen LogP contribution is -2.11. The van der Waals surface area contributed by atoms with E-state index in [-0.39, 0.29) is 0 Å². The van der Waals surface area contributed by atoms with Gasteiger partial charge in [-0.2, -0.15) is 0 Å². The van der Waals surface area contributed by atoms with Gasteiger partial charge in [0.05, 0.1) is 0 Å². The molecular weight excluding hydrogens is 302 g/mol. The largest absolute Gasteiger partial charge is 0.377 e. The van der Waals surface area contributed by atoms with Gasteiger partial charge < -0.3 is 4.90 Å². The molecule has 0 bridgehead atoms. The highest BCUT2D eigenvalue weighted by Gasteiger charge is 2.09. The zero-order valence-corrected chi connectivity index (χ0v) is 15.2. The van der Waals surface area contributed by atoms with Crippen LogP contribution in [0, 0.1) is 6.92 Å². The third-order valence-electron chi connectivity index (χ3n) is 4.38. The maximum absolute atomic E-state index is 2.30. The Hall–Kier alpha value is -2.80. The second kappa shape index (κ2) is 7.85. The first-order valence-corrected chi connectivity index (χ1v) is 8.71. The molecule has 0 spiro atoms. The molecule has 0 fully saturated rings. The summed E-state index contributed by atoms with van der Waals surface area (Å²) in [6.45, 7) is 2.16. The lowest BCUT2D eigenvalue weighted by atomic mass is 9.94. The summed E-state index contributed by atoms with van der Waals surface area (Å²) in [4.78, 5) is 2.19. The summed E-state index contributed by atoms with van der Waals surface area (Å²) in [6, 6.07) is 27.9. The van der Waals surface area contributed by atoms with E-state index in [1.165, 1.54) is 33.5 Å². The number of rotatable bonds is 5. The topological polar surface area (TPSA) is 3.24 Å². The molecule has 0 aliphatic heterocycles. The number of nitrogens with zero attached hydrogens (tertiary/aromatic N) is 1. The fourth-order valence-corrected chi connectivity index (χ4v) is 3.14. The van der Waals surface area contributed by atoms with Crippen molar-refractivity contribution in [2.24, 2.45) is 0 Å². The first-order chi connectivity index (χ1) is 12.1. The minimum absolute atomic E-state index is 0.911. The number of hydrogen-bond donors (Lipinski definition) is 0. The van der Waals surface area contributed by atoms with Gasteiger partial charge in [0.1, 0.15) is 0 Å². The Morgan fingerprint density at radius 2 is 1.48 bits per heavy atom. The normalized spacial score (nSPS) is 11.4. The molecule has 0 saturated heterocycles. The van der Waals surface area contributed by atoms with Gasteiger partial charge in [-0.1, -0.05) is 84.4 Å². The second-order valence-corrected chi connectivity index (χ2v) is 6.65. The first kappa shape index (κ1) is 17.0. The average Bonchev–Trinajstić information content (AvgIpc) is 2.62. The van der Waals surface area contributed by atoms with Gasteiger partial charge in [-0.25, -0.2) is 0 Å². The quantitative estimate of drug-likeness (QED) is 0.532. The smallest absolute Gasteiger partial charge is 0.0397 e. The first-order valence-electron chi connectivity index (χ1n) is 8.71. The van der Waals surface area contributed by atoms with Crippen molar-refractivity contribution < 1.29 is 0 Å². The molecule has 0 N–H and O–H groups in total. The van der Waals surface area contributed by atoms with Gasteiger partial charge in [0, 0.05) is 26.2 Å². The van der Waals surface area contributed by atoms with Gasteiger partial charge in [-0.15, -0.1) is 0 Å². The van der Waals surface area contributed by atoms with E-state index in [2.05, 4.69) is 111 Å². The Kier molecular flexibility index (Phi) is 5.35. The fraction of sp³-hybridized carbons (Fsp3) is 0.167. The van der Waals surface area contributed by atoms with E-state index in [9.17, 15) is 0 Å².